The van der Waals surface area contributed by atoms with Crippen LogP contribution in [0.2, 0.25) is 0 Å². The molecule has 22 heavy (non-hydrogen) atoms. The van der Waals surface area contributed by atoms with Crippen LogP contribution < -0.4 is 10.6 Å². The lowest BCUT2D eigenvalue weighted by Crippen LogP contribution is -2.37. The van der Waals surface area contributed by atoms with Gasteiger partial charge in [0.1, 0.15) is 5.82 Å². The van der Waals surface area contributed by atoms with Crippen molar-refractivity contribution in [2.24, 2.45) is 4.99 Å². The zero-order chi connectivity index (χ0) is 15.1. The van der Waals surface area contributed by atoms with E-state index in [4.69, 9.17) is 0 Å². The molecule has 0 unspecified atom stereocenters. The number of rotatable bonds is 5. The van der Waals surface area contributed by atoms with E-state index in [1.54, 1.807) is 24.5 Å². The van der Waals surface area contributed by atoms with Crippen LogP contribution >= 0.6 is 51.2 Å². The second-order valence-electron chi connectivity index (χ2n) is 4.44. The topological polar surface area (TPSA) is 36.4 Å². The van der Waals surface area contributed by atoms with Gasteiger partial charge in [-0.25, -0.2) is 4.39 Å². The number of aliphatic imine (C=N–C) groups is 1. The summed E-state index contributed by atoms with van der Waals surface area (Å²) in [5.74, 6) is 0.496. The van der Waals surface area contributed by atoms with Gasteiger partial charge in [0.2, 0.25) is 0 Å². The van der Waals surface area contributed by atoms with Crippen molar-refractivity contribution in [1.82, 2.24) is 10.6 Å². The SMILES string of the molecule is CN=C(NCCc1ccc(Br)s1)NCc1cccc(F)c1.I. The molecule has 0 aliphatic carbocycles. The molecule has 0 atom stereocenters. The first-order valence-corrected chi connectivity index (χ1v) is 8.21. The van der Waals surface area contributed by atoms with E-state index in [2.05, 4.69) is 43.7 Å². The molecule has 0 saturated carbocycles. The zero-order valence-corrected chi connectivity index (χ0v) is 16.8. The smallest absolute Gasteiger partial charge is 0.191 e. The molecule has 2 aromatic rings. The molecule has 3 nitrogen and oxygen atoms in total. The Hall–Kier alpha value is -0.670. The molecule has 0 aliphatic rings. The Kier molecular flexibility index (Phi) is 8.96. The molecule has 1 heterocycles. The summed E-state index contributed by atoms with van der Waals surface area (Å²) in [4.78, 5) is 5.47. The summed E-state index contributed by atoms with van der Waals surface area (Å²) < 4.78 is 14.2. The third-order valence-electron chi connectivity index (χ3n) is 2.87. The molecule has 2 rings (SSSR count). The predicted molar refractivity (Wildman–Crippen MR) is 106 cm³/mol. The molecule has 1 aromatic heterocycles. The number of nitrogens with zero attached hydrogens (tertiary/aromatic N) is 1. The maximum absolute atomic E-state index is 13.1. The molecule has 0 fully saturated rings. The monoisotopic (exact) mass is 497 g/mol. The van der Waals surface area contributed by atoms with Crippen LogP contribution in [0.25, 0.3) is 0 Å². The first kappa shape index (κ1) is 19.4. The number of halogens is 3. The van der Waals surface area contributed by atoms with Crippen LogP contribution in [-0.4, -0.2) is 19.6 Å². The van der Waals surface area contributed by atoms with Crippen LogP contribution in [0.1, 0.15) is 10.4 Å². The Bertz CT molecular complexity index is 618. The summed E-state index contributed by atoms with van der Waals surface area (Å²) in [6.07, 6.45) is 0.941. The third-order valence-corrected chi connectivity index (χ3v) is 4.55. The van der Waals surface area contributed by atoms with E-state index in [0.29, 0.717) is 6.54 Å². The molecule has 1 aromatic carbocycles. The maximum Gasteiger partial charge on any atom is 0.191 e. The Morgan fingerprint density at radius 2 is 2.09 bits per heavy atom. The highest BCUT2D eigenvalue weighted by Crippen LogP contribution is 2.21. The van der Waals surface area contributed by atoms with E-state index in [0.717, 1.165) is 28.3 Å². The molecular weight excluding hydrogens is 480 g/mol. The number of hydrogen-bond donors (Lipinski definition) is 2. The molecule has 2 N–H and O–H groups in total. The van der Waals surface area contributed by atoms with E-state index in [1.807, 2.05) is 6.07 Å². The normalized spacial score (nSPS) is 11.0. The second-order valence-corrected chi connectivity index (χ2v) is 6.99. The Morgan fingerprint density at radius 3 is 2.73 bits per heavy atom. The Morgan fingerprint density at radius 1 is 1.27 bits per heavy atom. The van der Waals surface area contributed by atoms with E-state index < -0.39 is 0 Å². The van der Waals surface area contributed by atoms with E-state index >= 15 is 0 Å². The summed E-state index contributed by atoms with van der Waals surface area (Å²) in [7, 11) is 1.72. The minimum Gasteiger partial charge on any atom is -0.356 e. The number of thiophene rings is 1. The third kappa shape index (κ3) is 6.62. The molecule has 0 bridgehead atoms. The summed E-state index contributed by atoms with van der Waals surface area (Å²) >= 11 is 5.19. The van der Waals surface area contributed by atoms with Gasteiger partial charge in [0.05, 0.1) is 3.79 Å². The number of nitrogens with one attached hydrogen (secondary N) is 2. The summed E-state index contributed by atoms with van der Waals surface area (Å²) in [5.41, 5.74) is 0.889. The average molecular weight is 498 g/mol. The van der Waals surface area contributed by atoms with Crippen LogP contribution in [-0.2, 0) is 13.0 Å². The van der Waals surface area contributed by atoms with Crippen LogP contribution in [0.4, 0.5) is 4.39 Å². The largest absolute Gasteiger partial charge is 0.356 e. The quantitative estimate of drug-likeness (QED) is 0.369. The maximum atomic E-state index is 13.1. The molecule has 0 aliphatic heterocycles. The molecule has 0 radical (unpaired) electrons. The van der Waals surface area contributed by atoms with E-state index in [9.17, 15) is 4.39 Å². The second kappa shape index (κ2) is 10.2. The van der Waals surface area contributed by atoms with Gasteiger partial charge >= 0.3 is 0 Å². The van der Waals surface area contributed by atoms with Gasteiger partial charge in [-0.2, -0.15) is 0 Å². The van der Waals surface area contributed by atoms with Gasteiger partial charge in [-0.1, -0.05) is 12.1 Å². The lowest BCUT2D eigenvalue weighted by Gasteiger charge is -2.11. The average Bonchev–Trinajstić information content (AvgIpc) is 2.88. The fourth-order valence-corrected chi connectivity index (χ4v) is 3.33. The van der Waals surface area contributed by atoms with Crippen LogP contribution in [0, 0.1) is 5.82 Å². The van der Waals surface area contributed by atoms with Gasteiger partial charge in [0.25, 0.3) is 0 Å². The molecule has 0 amide bonds. The summed E-state index contributed by atoms with van der Waals surface area (Å²) in [6.45, 7) is 1.35. The standard InChI is InChI=1S/C15H17BrFN3S.HI/c1-18-15(19-8-7-13-5-6-14(16)21-13)20-10-11-3-2-4-12(17)9-11;/h2-6,9H,7-8,10H2,1H3,(H2,18,19,20);1H. The van der Waals surface area contributed by atoms with Gasteiger partial charge in [-0.05, 0) is 52.2 Å². The first-order valence-electron chi connectivity index (χ1n) is 6.60. The molecule has 0 saturated heterocycles. The Labute approximate surface area is 159 Å². The highest BCUT2D eigenvalue weighted by atomic mass is 127. The number of benzene rings is 1. The highest BCUT2D eigenvalue weighted by Gasteiger charge is 2.01. The molecule has 120 valence electrons. The van der Waals surface area contributed by atoms with Crippen LogP contribution in [0.3, 0.4) is 0 Å². The van der Waals surface area contributed by atoms with E-state index in [-0.39, 0.29) is 29.8 Å². The van der Waals surface area contributed by atoms with E-state index in [1.165, 1.54) is 17.0 Å². The number of guanidine groups is 1. The van der Waals surface area contributed by atoms with Crippen molar-refractivity contribution in [2.75, 3.05) is 13.6 Å². The number of hydrogen-bond acceptors (Lipinski definition) is 2. The van der Waals surface area contributed by atoms with Crippen molar-refractivity contribution in [1.29, 1.82) is 0 Å². The Balaban J connectivity index is 0.00000242. The van der Waals surface area contributed by atoms with Crippen LogP contribution in [0.15, 0.2) is 45.2 Å². The van der Waals surface area contributed by atoms with Crippen molar-refractivity contribution in [2.45, 2.75) is 13.0 Å². The van der Waals surface area contributed by atoms with Crippen molar-refractivity contribution < 1.29 is 4.39 Å². The first-order chi connectivity index (χ1) is 10.2. The summed E-state index contributed by atoms with van der Waals surface area (Å²) in [5, 5.41) is 6.42. The zero-order valence-electron chi connectivity index (χ0n) is 12.1. The highest BCUT2D eigenvalue weighted by molar-refractivity contribution is 14.0. The van der Waals surface area contributed by atoms with Crippen molar-refractivity contribution in [3.05, 3.63) is 56.4 Å². The predicted octanol–water partition coefficient (Wildman–Crippen LogP) is 4.18. The fraction of sp³-hybridized carbons (Fsp3) is 0.267. The molecular formula is C15H18BrFIN3S. The molecule has 7 heteroatoms. The van der Waals surface area contributed by atoms with Crippen molar-refractivity contribution in [3.8, 4) is 0 Å². The lowest BCUT2D eigenvalue weighted by atomic mass is 10.2. The van der Waals surface area contributed by atoms with Gasteiger partial charge in [-0.15, -0.1) is 35.3 Å². The lowest BCUT2D eigenvalue weighted by molar-refractivity contribution is 0.624. The van der Waals surface area contributed by atoms with Gasteiger partial charge in [0.15, 0.2) is 5.96 Å². The van der Waals surface area contributed by atoms with Gasteiger partial charge in [0, 0.05) is 25.0 Å². The molecule has 0 spiro atoms. The fourth-order valence-electron chi connectivity index (χ4n) is 1.84. The van der Waals surface area contributed by atoms with Crippen molar-refractivity contribution in [3.63, 3.8) is 0 Å². The minimum atomic E-state index is -0.222. The van der Waals surface area contributed by atoms with Crippen LogP contribution in [0.5, 0.6) is 0 Å². The van der Waals surface area contributed by atoms with Gasteiger partial charge < -0.3 is 10.6 Å². The summed E-state index contributed by atoms with van der Waals surface area (Å²) in [6, 6.07) is 10.7. The minimum absolute atomic E-state index is 0. The van der Waals surface area contributed by atoms with Gasteiger partial charge in [-0.3, -0.25) is 4.99 Å². The van der Waals surface area contributed by atoms with Crippen molar-refractivity contribution >= 4 is 57.2 Å².